The molecule has 1 saturated heterocycles. The second-order valence-electron chi connectivity index (χ2n) is 4.49. The quantitative estimate of drug-likeness (QED) is 0.888. The summed E-state index contributed by atoms with van der Waals surface area (Å²) in [6, 6.07) is -0.701. The number of nitrogens with zero attached hydrogens (tertiary/aromatic N) is 2. The Morgan fingerprint density at radius 2 is 2.11 bits per heavy atom. The molecule has 18 heavy (non-hydrogen) atoms. The number of aromatic nitrogens is 1. The molecule has 1 N–H and O–H groups in total. The van der Waals surface area contributed by atoms with E-state index in [1.54, 1.807) is 0 Å². The Balaban J connectivity index is 2.26. The smallest absolute Gasteiger partial charge is 0.326 e. The van der Waals surface area contributed by atoms with Crippen LogP contribution in [0.1, 0.15) is 39.6 Å². The Labute approximate surface area is 109 Å². The number of rotatable bonds is 2. The average molecular weight is 268 g/mol. The average Bonchev–Trinajstić information content (AvgIpc) is 2.67. The van der Waals surface area contributed by atoms with Crippen LogP contribution in [0.25, 0.3) is 0 Å². The summed E-state index contributed by atoms with van der Waals surface area (Å²) in [5.41, 5.74) is 0.408. The van der Waals surface area contributed by atoms with Gasteiger partial charge in [-0.15, -0.1) is 11.3 Å². The summed E-state index contributed by atoms with van der Waals surface area (Å²) in [6.07, 6.45) is 2.25. The molecule has 2 heterocycles. The molecule has 0 aliphatic carbocycles. The van der Waals surface area contributed by atoms with Gasteiger partial charge in [-0.1, -0.05) is 0 Å². The number of amides is 1. The normalized spacial score (nSPS) is 19.9. The third-order valence-corrected chi connectivity index (χ3v) is 4.04. The van der Waals surface area contributed by atoms with Gasteiger partial charge in [-0.2, -0.15) is 0 Å². The van der Waals surface area contributed by atoms with Crippen molar-refractivity contribution in [3.05, 3.63) is 15.6 Å². The highest BCUT2D eigenvalue weighted by Crippen LogP contribution is 2.23. The van der Waals surface area contributed by atoms with Gasteiger partial charge in [-0.3, -0.25) is 4.79 Å². The fourth-order valence-corrected chi connectivity index (χ4v) is 3.10. The molecule has 0 spiro atoms. The van der Waals surface area contributed by atoms with Gasteiger partial charge >= 0.3 is 5.97 Å². The maximum absolute atomic E-state index is 12.4. The number of aliphatic carboxylic acids is 1. The van der Waals surface area contributed by atoms with Crippen LogP contribution in [0.3, 0.4) is 0 Å². The molecule has 98 valence electrons. The standard InChI is InChI=1S/C12H16N2O3S/c1-7-10(13-8(2)18-7)11(15)14-6-4-3-5-9(14)12(16)17/h9H,3-6H2,1-2H3,(H,16,17)/t9-/m1/s1. The van der Waals surface area contributed by atoms with Crippen molar-refractivity contribution < 1.29 is 14.7 Å². The van der Waals surface area contributed by atoms with Crippen LogP contribution >= 0.6 is 11.3 Å². The van der Waals surface area contributed by atoms with E-state index in [2.05, 4.69) is 4.98 Å². The van der Waals surface area contributed by atoms with Crippen LogP contribution in [-0.2, 0) is 4.79 Å². The number of carbonyl (C=O) groups excluding carboxylic acids is 1. The minimum absolute atomic E-state index is 0.246. The van der Waals surface area contributed by atoms with Crippen LogP contribution in [0.5, 0.6) is 0 Å². The zero-order valence-corrected chi connectivity index (χ0v) is 11.3. The van der Waals surface area contributed by atoms with Crippen molar-refractivity contribution in [1.82, 2.24) is 9.88 Å². The molecular formula is C12H16N2O3S. The van der Waals surface area contributed by atoms with E-state index in [-0.39, 0.29) is 5.91 Å². The van der Waals surface area contributed by atoms with Crippen molar-refractivity contribution in [3.63, 3.8) is 0 Å². The zero-order chi connectivity index (χ0) is 13.3. The molecule has 1 aliphatic heterocycles. The molecule has 2 rings (SSSR count). The van der Waals surface area contributed by atoms with Crippen LogP contribution in [0.15, 0.2) is 0 Å². The van der Waals surface area contributed by atoms with E-state index in [0.717, 1.165) is 22.7 Å². The highest BCUT2D eigenvalue weighted by Gasteiger charge is 2.33. The first-order valence-corrected chi connectivity index (χ1v) is 6.80. The topological polar surface area (TPSA) is 70.5 Å². The predicted molar refractivity (Wildman–Crippen MR) is 67.9 cm³/mol. The fraction of sp³-hybridized carbons (Fsp3) is 0.583. The Bertz CT molecular complexity index is 484. The molecule has 0 saturated carbocycles. The van der Waals surface area contributed by atoms with Crippen molar-refractivity contribution in [2.45, 2.75) is 39.2 Å². The van der Waals surface area contributed by atoms with Crippen LogP contribution in [0, 0.1) is 13.8 Å². The molecular weight excluding hydrogens is 252 g/mol. The largest absolute Gasteiger partial charge is 0.480 e. The molecule has 1 amide bonds. The molecule has 1 aromatic rings. The van der Waals surface area contributed by atoms with Crippen molar-refractivity contribution in [2.75, 3.05) is 6.54 Å². The van der Waals surface area contributed by atoms with Gasteiger partial charge in [0, 0.05) is 11.4 Å². The number of likely N-dealkylation sites (tertiary alicyclic amines) is 1. The van der Waals surface area contributed by atoms with Crippen LogP contribution in [0.4, 0.5) is 0 Å². The second-order valence-corrected chi connectivity index (χ2v) is 5.89. The summed E-state index contributed by atoms with van der Waals surface area (Å²) < 4.78 is 0. The summed E-state index contributed by atoms with van der Waals surface area (Å²) in [7, 11) is 0. The van der Waals surface area contributed by atoms with Crippen molar-refractivity contribution >= 4 is 23.2 Å². The lowest BCUT2D eigenvalue weighted by Gasteiger charge is -2.32. The lowest BCUT2D eigenvalue weighted by Crippen LogP contribution is -2.48. The van der Waals surface area contributed by atoms with Gasteiger partial charge in [0.2, 0.25) is 0 Å². The van der Waals surface area contributed by atoms with E-state index in [4.69, 9.17) is 5.11 Å². The Kier molecular flexibility index (Phi) is 3.65. The highest BCUT2D eigenvalue weighted by molar-refractivity contribution is 7.11. The number of hydrogen-bond acceptors (Lipinski definition) is 4. The minimum Gasteiger partial charge on any atom is -0.480 e. The lowest BCUT2D eigenvalue weighted by atomic mass is 10.0. The maximum atomic E-state index is 12.4. The van der Waals surface area contributed by atoms with Gasteiger partial charge < -0.3 is 10.0 Å². The summed E-state index contributed by atoms with van der Waals surface area (Å²) in [6.45, 7) is 4.20. The Hall–Kier alpha value is -1.43. The number of hydrogen-bond donors (Lipinski definition) is 1. The molecule has 0 unspecified atom stereocenters. The third kappa shape index (κ3) is 2.38. The van der Waals surface area contributed by atoms with Crippen molar-refractivity contribution in [3.8, 4) is 0 Å². The molecule has 5 nitrogen and oxygen atoms in total. The number of carbonyl (C=O) groups is 2. The van der Waals surface area contributed by atoms with Crippen molar-refractivity contribution in [1.29, 1.82) is 0 Å². The van der Waals surface area contributed by atoms with E-state index in [9.17, 15) is 9.59 Å². The second kappa shape index (κ2) is 5.06. The zero-order valence-electron chi connectivity index (χ0n) is 10.5. The molecule has 1 atom stereocenters. The monoisotopic (exact) mass is 268 g/mol. The summed E-state index contributed by atoms with van der Waals surface area (Å²) in [4.78, 5) is 30.1. The highest BCUT2D eigenvalue weighted by atomic mass is 32.1. The van der Waals surface area contributed by atoms with E-state index < -0.39 is 12.0 Å². The van der Waals surface area contributed by atoms with Crippen molar-refractivity contribution in [2.24, 2.45) is 0 Å². The first kappa shape index (κ1) is 13.0. The molecule has 6 heteroatoms. The van der Waals surface area contributed by atoms with Gasteiger partial charge in [0.15, 0.2) is 0 Å². The SMILES string of the molecule is Cc1nc(C(=O)N2CCCC[C@@H]2C(=O)O)c(C)s1. The van der Waals surface area contributed by atoms with E-state index in [0.29, 0.717) is 18.7 Å². The third-order valence-electron chi connectivity index (χ3n) is 3.15. The van der Waals surface area contributed by atoms with E-state index in [1.165, 1.54) is 16.2 Å². The molecule has 0 radical (unpaired) electrons. The number of carboxylic acid groups (broad SMARTS) is 1. The Morgan fingerprint density at radius 1 is 1.39 bits per heavy atom. The van der Waals surface area contributed by atoms with Gasteiger partial charge in [-0.25, -0.2) is 9.78 Å². The summed E-state index contributed by atoms with van der Waals surface area (Å²) >= 11 is 1.47. The van der Waals surface area contributed by atoms with Gasteiger partial charge in [-0.05, 0) is 33.1 Å². The van der Waals surface area contributed by atoms with Crippen LogP contribution in [-0.4, -0.2) is 39.5 Å². The molecule has 0 aromatic carbocycles. The van der Waals surface area contributed by atoms with E-state index >= 15 is 0 Å². The number of thiazole rings is 1. The molecule has 1 fully saturated rings. The fourth-order valence-electron chi connectivity index (χ4n) is 2.29. The van der Waals surface area contributed by atoms with Crippen LogP contribution in [0.2, 0.25) is 0 Å². The first-order valence-electron chi connectivity index (χ1n) is 5.98. The first-order chi connectivity index (χ1) is 8.50. The minimum atomic E-state index is -0.923. The Morgan fingerprint density at radius 3 is 2.67 bits per heavy atom. The van der Waals surface area contributed by atoms with E-state index in [1.807, 2.05) is 13.8 Å². The lowest BCUT2D eigenvalue weighted by molar-refractivity contribution is -0.143. The van der Waals surface area contributed by atoms with Crippen LogP contribution < -0.4 is 0 Å². The maximum Gasteiger partial charge on any atom is 0.326 e. The number of carboxylic acids is 1. The summed E-state index contributed by atoms with van der Waals surface area (Å²) in [5, 5.41) is 10.0. The summed E-state index contributed by atoms with van der Waals surface area (Å²) in [5.74, 6) is -1.17. The number of piperidine rings is 1. The molecule has 0 bridgehead atoms. The molecule has 1 aromatic heterocycles. The number of aryl methyl sites for hydroxylation is 2. The van der Waals surface area contributed by atoms with Gasteiger partial charge in [0.25, 0.3) is 5.91 Å². The van der Waals surface area contributed by atoms with Gasteiger partial charge in [0.1, 0.15) is 11.7 Å². The molecule has 1 aliphatic rings. The van der Waals surface area contributed by atoms with Gasteiger partial charge in [0.05, 0.1) is 5.01 Å². The predicted octanol–water partition coefficient (Wildman–Crippen LogP) is 1.84.